The first-order valence-corrected chi connectivity index (χ1v) is 8.26. The molecule has 5 heteroatoms. The summed E-state index contributed by atoms with van der Waals surface area (Å²) >= 11 is 12.1. The van der Waals surface area contributed by atoms with E-state index in [0.717, 1.165) is 16.8 Å². The molecule has 0 bridgehead atoms. The highest BCUT2D eigenvalue weighted by molar-refractivity contribution is 6.36. The van der Waals surface area contributed by atoms with Gasteiger partial charge < -0.3 is 0 Å². The molecule has 122 valence electrons. The standard InChI is InChI=1S/C19H16Cl2N2O/c1-11-4-7-16(8-12(11)2)23-19(24)17(13(3)22-23)9-14-5-6-15(20)10-18(14)21/h4-10H,1-3H3/b17-9-. The van der Waals surface area contributed by atoms with Gasteiger partial charge in [-0.2, -0.15) is 10.1 Å². The van der Waals surface area contributed by atoms with Crippen molar-refractivity contribution >= 4 is 46.6 Å². The van der Waals surface area contributed by atoms with Crippen LogP contribution in [0.15, 0.2) is 47.1 Å². The topological polar surface area (TPSA) is 32.7 Å². The fourth-order valence-electron chi connectivity index (χ4n) is 2.49. The Morgan fingerprint density at radius 1 is 1.00 bits per heavy atom. The summed E-state index contributed by atoms with van der Waals surface area (Å²) in [5.74, 6) is -0.165. The van der Waals surface area contributed by atoms with Gasteiger partial charge in [0.15, 0.2) is 0 Å². The molecule has 0 N–H and O–H groups in total. The van der Waals surface area contributed by atoms with E-state index < -0.39 is 0 Å². The predicted octanol–water partition coefficient (Wildman–Crippen LogP) is 5.42. The Labute approximate surface area is 151 Å². The number of rotatable bonds is 2. The minimum Gasteiger partial charge on any atom is -0.267 e. The minimum absolute atomic E-state index is 0.165. The molecule has 0 saturated heterocycles. The highest BCUT2D eigenvalue weighted by Gasteiger charge is 2.29. The molecule has 2 aromatic rings. The van der Waals surface area contributed by atoms with Crippen LogP contribution in [0.4, 0.5) is 5.69 Å². The fraction of sp³-hybridized carbons (Fsp3) is 0.158. The minimum atomic E-state index is -0.165. The molecule has 0 atom stereocenters. The van der Waals surface area contributed by atoms with Crippen LogP contribution < -0.4 is 5.01 Å². The van der Waals surface area contributed by atoms with Gasteiger partial charge in [-0.05, 0) is 67.8 Å². The van der Waals surface area contributed by atoms with Crippen molar-refractivity contribution in [1.82, 2.24) is 0 Å². The van der Waals surface area contributed by atoms with Crippen LogP contribution in [0, 0.1) is 13.8 Å². The van der Waals surface area contributed by atoms with Crippen LogP contribution in [0.2, 0.25) is 10.0 Å². The molecule has 1 heterocycles. The maximum atomic E-state index is 12.8. The molecule has 0 fully saturated rings. The summed E-state index contributed by atoms with van der Waals surface area (Å²) in [7, 11) is 0. The van der Waals surface area contributed by atoms with Crippen LogP contribution in [0.1, 0.15) is 23.6 Å². The zero-order valence-corrected chi connectivity index (χ0v) is 15.1. The Balaban J connectivity index is 1.98. The average Bonchev–Trinajstić information content (AvgIpc) is 2.80. The number of carbonyl (C=O) groups excluding carboxylic acids is 1. The van der Waals surface area contributed by atoms with Gasteiger partial charge in [0.1, 0.15) is 0 Å². The molecule has 0 spiro atoms. The lowest BCUT2D eigenvalue weighted by atomic mass is 10.1. The molecule has 24 heavy (non-hydrogen) atoms. The molecule has 3 rings (SSSR count). The third-order valence-corrected chi connectivity index (χ3v) is 4.62. The Kier molecular flexibility index (Phi) is 4.48. The van der Waals surface area contributed by atoms with Crippen LogP contribution in [0.25, 0.3) is 6.08 Å². The molecule has 3 nitrogen and oxygen atoms in total. The lowest BCUT2D eigenvalue weighted by Crippen LogP contribution is -2.21. The Morgan fingerprint density at radius 2 is 1.75 bits per heavy atom. The second kappa shape index (κ2) is 6.42. The second-order valence-corrected chi connectivity index (χ2v) is 6.64. The van der Waals surface area contributed by atoms with Gasteiger partial charge in [-0.3, -0.25) is 4.79 Å². The van der Waals surface area contributed by atoms with Crippen molar-refractivity contribution in [2.24, 2.45) is 5.10 Å². The van der Waals surface area contributed by atoms with Crippen molar-refractivity contribution < 1.29 is 4.79 Å². The fourth-order valence-corrected chi connectivity index (χ4v) is 2.95. The van der Waals surface area contributed by atoms with Crippen LogP contribution in [-0.2, 0) is 4.79 Å². The van der Waals surface area contributed by atoms with E-state index in [1.54, 1.807) is 24.3 Å². The first-order chi connectivity index (χ1) is 11.4. The van der Waals surface area contributed by atoms with Gasteiger partial charge in [0.2, 0.25) is 0 Å². The average molecular weight is 359 g/mol. The normalized spacial score (nSPS) is 16.0. The number of carbonyl (C=O) groups is 1. The van der Waals surface area contributed by atoms with Gasteiger partial charge >= 0.3 is 0 Å². The molecule has 0 aromatic heterocycles. The summed E-state index contributed by atoms with van der Waals surface area (Å²) in [4.78, 5) is 12.8. The summed E-state index contributed by atoms with van der Waals surface area (Å²) in [6, 6.07) is 11.0. The van der Waals surface area contributed by atoms with Crippen LogP contribution in [0.5, 0.6) is 0 Å². The second-order valence-electron chi connectivity index (χ2n) is 5.79. The lowest BCUT2D eigenvalue weighted by Gasteiger charge is -2.13. The maximum Gasteiger partial charge on any atom is 0.280 e. The molecule has 0 radical (unpaired) electrons. The lowest BCUT2D eigenvalue weighted by molar-refractivity contribution is -0.114. The van der Waals surface area contributed by atoms with Crippen molar-refractivity contribution in [2.75, 3.05) is 5.01 Å². The number of aryl methyl sites for hydroxylation is 2. The number of benzene rings is 2. The molecule has 0 aliphatic carbocycles. The summed E-state index contributed by atoms with van der Waals surface area (Å²) in [5, 5.41) is 6.88. The van der Waals surface area contributed by atoms with E-state index in [9.17, 15) is 4.79 Å². The molecule has 1 aliphatic rings. The number of amides is 1. The summed E-state index contributed by atoms with van der Waals surface area (Å²) in [6.45, 7) is 5.86. The number of hydrazone groups is 1. The zero-order valence-electron chi connectivity index (χ0n) is 13.6. The maximum absolute atomic E-state index is 12.8. The first kappa shape index (κ1) is 16.7. The van der Waals surface area contributed by atoms with Crippen molar-refractivity contribution in [3.05, 3.63) is 68.7 Å². The van der Waals surface area contributed by atoms with E-state index in [-0.39, 0.29) is 5.91 Å². The highest BCUT2D eigenvalue weighted by Crippen LogP contribution is 2.29. The van der Waals surface area contributed by atoms with E-state index in [2.05, 4.69) is 5.10 Å². The van der Waals surface area contributed by atoms with Crippen LogP contribution in [-0.4, -0.2) is 11.6 Å². The molecule has 0 saturated carbocycles. The largest absolute Gasteiger partial charge is 0.280 e. The monoisotopic (exact) mass is 358 g/mol. The number of hydrogen-bond donors (Lipinski definition) is 0. The Morgan fingerprint density at radius 3 is 2.42 bits per heavy atom. The predicted molar refractivity (Wildman–Crippen MR) is 101 cm³/mol. The van der Waals surface area contributed by atoms with Gasteiger partial charge in [0, 0.05) is 10.0 Å². The smallest absolute Gasteiger partial charge is 0.267 e. The Hall–Kier alpha value is -2.10. The quantitative estimate of drug-likeness (QED) is 0.660. The molecule has 1 amide bonds. The summed E-state index contributed by atoms with van der Waals surface area (Å²) < 4.78 is 0. The molecule has 0 unspecified atom stereocenters. The summed E-state index contributed by atoms with van der Waals surface area (Å²) in [6.07, 6.45) is 1.75. The summed E-state index contributed by atoms with van der Waals surface area (Å²) in [5.41, 5.74) is 4.97. The first-order valence-electron chi connectivity index (χ1n) is 7.51. The van der Waals surface area contributed by atoms with E-state index in [1.807, 2.05) is 39.0 Å². The number of hydrogen-bond acceptors (Lipinski definition) is 2. The molecular weight excluding hydrogens is 343 g/mol. The van der Waals surface area contributed by atoms with Gasteiger partial charge in [0.05, 0.1) is 17.0 Å². The highest BCUT2D eigenvalue weighted by atomic mass is 35.5. The Bertz CT molecular complexity index is 900. The molecule has 1 aliphatic heterocycles. The van der Waals surface area contributed by atoms with Gasteiger partial charge in [-0.25, -0.2) is 0 Å². The van der Waals surface area contributed by atoms with Gasteiger partial charge in [0.25, 0.3) is 5.91 Å². The van der Waals surface area contributed by atoms with Gasteiger partial charge in [-0.15, -0.1) is 0 Å². The SMILES string of the molecule is CC1=NN(c2ccc(C)c(C)c2)C(=O)/C1=C\c1ccc(Cl)cc1Cl. The van der Waals surface area contributed by atoms with Crippen LogP contribution in [0.3, 0.4) is 0 Å². The van der Waals surface area contributed by atoms with Crippen molar-refractivity contribution in [2.45, 2.75) is 20.8 Å². The van der Waals surface area contributed by atoms with E-state index in [1.165, 1.54) is 10.6 Å². The number of halogens is 2. The molecule has 2 aromatic carbocycles. The molecular formula is C19H16Cl2N2O. The third kappa shape index (κ3) is 3.10. The van der Waals surface area contributed by atoms with Crippen LogP contribution >= 0.6 is 23.2 Å². The van der Waals surface area contributed by atoms with E-state index in [4.69, 9.17) is 23.2 Å². The van der Waals surface area contributed by atoms with E-state index in [0.29, 0.717) is 21.3 Å². The van der Waals surface area contributed by atoms with Crippen molar-refractivity contribution in [1.29, 1.82) is 0 Å². The van der Waals surface area contributed by atoms with Crippen molar-refractivity contribution in [3.8, 4) is 0 Å². The van der Waals surface area contributed by atoms with Gasteiger partial charge in [-0.1, -0.05) is 35.3 Å². The number of nitrogens with zero attached hydrogens (tertiary/aromatic N) is 2. The zero-order chi connectivity index (χ0) is 17.4. The third-order valence-electron chi connectivity index (χ3n) is 4.06. The van der Waals surface area contributed by atoms with E-state index >= 15 is 0 Å². The number of anilines is 1. The van der Waals surface area contributed by atoms with Crippen molar-refractivity contribution in [3.63, 3.8) is 0 Å².